The van der Waals surface area contributed by atoms with Crippen molar-refractivity contribution in [3.63, 3.8) is 0 Å². The van der Waals surface area contributed by atoms with Gasteiger partial charge < -0.3 is 9.26 Å². The molecular formula is C98H164N6O2S2. The SMILES string of the molecule is CC1(C)CC1.CC1(C)CCC1.CC12CC(C)(C1)C2.CC1CC(C)C1.CC1CCC(C)CC1.C[C@@H]1CCC[C@H](C)C1.C[C@@H]1CC[C@H](C)C1.C[C@H]1CC[C@@H](C)OC1.Cc1cc(C)on1.Cc1ccc(C)cc1.Cc1ccc(C)nc1.Cc1cccc(C)c1.Cc1cnc(C)cn1.Cc1cnc(C)s1.Cc1csc(C)n1. The maximum absolute atomic E-state index is 5.39. The molecule has 2 bridgehead atoms. The molecule has 1 saturated heterocycles. The number of hydrogen-bond acceptors (Lipinski definition) is 10. The number of ether oxygens (including phenoxy) is 1. The minimum absolute atomic E-state index is 0.520. The summed E-state index contributed by atoms with van der Waals surface area (Å²) in [5.74, 6) is 9.86. The number of hydrogen-bond donors (Lipinski definition) is 0. The molecule has 9 aliphatic carbocycles. The van der Waals surface area contributed by atoms with Crippen molar-refractivity contribution in [2.45, 2.75) is 361 Å². The zero-order chi connectivity index (χ0) is 81.2. The second-order valence-corrected chi connectivity index (χ2v) is 40.3. The first kappa shape index (κ1) is 99.2. The Morgan fingerprint density at radius 3 is 0.954 bits per heavy atom. The van der Waals surface area contributed by atoms with Crippen LogP contribution in [0.25, 0.3) is 0 Å². The predicted molar refractivity (Wildman–Crippen MR) is 474 cm³/mol. The maximum Gasteiger partial charge on any atom is 0.133 e. The molecule has 2 aromatic carbocycles. The molecule has 6 heterocycles. The molecule has 0 amide bonds. The lowest BCUT2D eigenvalue weighted by atomic mass is 9.37. The molecule has 10 aliphatic rings. The van der Waals surface area contributed by atoms with Gasteiger partial charge in [-0.1, -0.05) is 250 Å². The number of nitrogens with zero attached hydrogens (tertiary/aromatic N) is 6. The molecule has 0 radical (unpaired) electrons. The van der Waals surface area contributed by atoms with Crippen LogP contribution in [0.1, 0.15) is 335 Å². The highest BCUT2D eigenvalue weighted by molar-refractivity contribution is 7.11. The Labute approximate surface area is 674 Å². The summed E-state index contributed by atoms with van der Waals surface area (Å²) in [6.45, 7) is 66.4. The summed E-state index contributed by atoms with van der Waals surface area (Å²) in [4.78, 5) is 21.6. The first-order valence-corrected chi connectivity index (χ1v) is 44.2. The van der Waals surface area contributed by atoms with E-state index in [0.29, 0.717) is 6.10 Å². The van der Waals surface area contributed by atoms with Crippen LogP contribution in [0, 0.1) is 172 Å². The number of thiazole rings is 2. The molecule has 108 heavy (non-hydrogen) atoms. The standard InChI is InChI=1S/C8H16.C8H10.C8H16.C8H10.C7H9N.C7H14O.C7H12.C7H14.C6H8N2.2C6H12.C5H7NO.2C5H7NS.C5H10/c2*1-7-3-5-8(2)6-4-7;2*1-7-4-3-5-8(2)6-7;2*1-6-3-4-7(2)8-5-6;1-6-3-7(2,4-6)5-6;1-6-3-4-7(2)5-6;1-5-3-8-6(2)4-7-5;1-5-3-6(2)4-5;1-6(2)4-3-5-6;1-4-3-5(2)7-6-4;1-4-3-7-5(2)6-4;1-4-3-6-5(2)7-4;1-5(2)3-4-5/h7-8H,3-6H2,1-2H3;3-6H,1-2H3;7-8H,3-6H2,1-2H3;3-6H,1-2H3;3-5H,1-2H3;6-7H,3-5H2,1-2H3;3-5H2,1-2H3;6-7H,3-5H2,1-2H3;3-4H,1-2H3;5-6H,3-4H2,1-2H3;3-5H2,1-2H3;3*3H,1-2H3;3-4H2,1-2H3/t;;7-,8+;;;6-,7+;;6-,7+;;;;;;;/m.....0........./s1. The third-order valence-corrected chi connectivity index (χ3v) is 23.6. The molecule has 8 nitrogen and oxygen atoms in total. The summed E-state index contributed by atoms with van der Waals surface area (Å²) < 4.78 is 10.1. The molecule has 17 rings (SSSR count). The third-order valence-electron chi connectivity index (χ3n) is 21.9. The summed E-state index contributed by atoms with van der Waals surface area (Å²) in [5, 5.41) is 7.99. The van der Waals surface area contributed by atoms with Crippen LogP contribution < -0.4 is 0 Å². The number of aryl methyl sites for hydroxylation is 14. The second-order valence-electron chi connectivity index (χ2n) is 37.8. The molecular weight excluding hydrogens is 1360 g/mol. The molecule has 7 aromatic rings. The van der Waals surface area contributed by atoms with Crippen LogP contribution in [0.4, 0.5) is 0 Å². The number of benzene rings is 2. The fourth-order valence-electron chi connectivity index (χ4n) is 14.9. The molecule has 9 saturated carbocycles. The zero-order valence-electron chi connectivity index (χ0n) is 75.3. The van der Waals surface area contributed by atoms with Crippen LogP contribution in [-0.2, 0) is 4.74 Å². The van der Waals surface area contributed by atoms with Gasteiger partial charge in [0.1, 0.15) is 5.76 Å². The Balaban J connectivity index is 0.000000393. The first-order chi connectivity index (χ1) is 50.5. The van der Waals surface area contributed by atoms with Crippen LogP contribution in [0.15, 0.2) is 101 Å². The Bertz CT molecular complexity index is 2930. The molecule has 1 aliphatic heterocycles. The normalized spacial score (nSPS) is 25.9. The maximum atomic E-state index is 5.39. The highest BCUT2D eigenvalue weighted by atomic mass is 32.1. The van der Waals surface area contributed by atoms with E-state index in [1.54, 1.807) is 35.1 Å². The lowest BCUT2D eigenvalue weighted by Gasteiger charge is -2.68. The summed E-state index contributed by atoms with van der Waals surface area (Å²) in [5.41, 5.74) is 14.8. The van der Waals surface area contributed by atoms with Crippen molar-refractivity contribution >= 4 is 22.7 Å². The van der Waals surface area contributed by atoms with Crippen LogP contribution in [0.2, 0.25) is 0 Å². The number of aromatic nitrogens is 6. The van der Waals surface area contributed by atoms with Gasteiger partial charge >= 0.3 is 0 Å². The molecule has 5 aromatic heterocycles. The lowest BCUT2D eigenvalue weighted by Crippen LogP contribution is -2.57. The van der Waals surface area contributed by atoms with Crippen molar-refractivity contribution in [3.8, 4) is 0 Å². The minimum Gasteiger partial charge on any atom is -0.378 e. The van der Waals surface area contributed by atoms with Gasteiger partial charge in [0.25, 0.3) is 0 Å². The topological polar surface area (TPSA) is 99.7 Å². The van der Waals surface area contributed by atoms with Gasteiger partial charge in [0.05, 0.1) is 33.2 Å². The van der Waals surface area contributed by atoms with E-state index in [1.807, 2.05) is 86.8 Å². The smallest absolute Gasteiger partial charge is 0.133 e. The van der Waals surface area contributed by atoms with Gasteiger partial charge in [-0.3, -0.25) is 15.0 Å². The average molecular weight is 1520 g/mol. The third kappa shape index (κ3) is 51.6. The van der Waals surface area contributed by atoms with Crippen molar-refractivity contribution in [1.29, 1.82) is 0 Å². The summed E-state index contributed by atoms with van der Waals surface area (Å²) in [6.07, 6.45) is 41.4. The first-order valence-electron chi connectivity index (χ1n) is 42.5. The number of pyridine rings is 1. The largest absolute Gasteiger partial charge is 0.378 e. The van der Waals surface area contributed by atoms with Gasteiger partial charge in [-0.15, -0.1) is 22.7 Å². The van der Waals surface area contributed by atoms with E-state index in [4.69, 9.17) is 9.26 Å². The van der Waals surface area contributed by atoms with Gasteiger partial charge in [0.15, 0.2) is 0 Å². The second kappa shape index (κ2) is 52.4. The van der Waals surface area contributed by atoms with Crippen molar-refractivity contribution in [3.05, 3.63) is 174 Å². The monoisotopic (exact) mass is 1520 g/mol. The molecule has 0 unspecified atom stereocenters. The molecule has 0 spiro atoms. The fourth-order valence-corrected chi connectivity index (χ4v) is 16.2. The fraction of sp³-hybridized carbons (Fsp3) is 0.694. The van der Waals surface area contributed by atoms with E-state index >= 15 is 0 Å². The highest BCUT2D eigenvalue weighted by Crippen LogP contribution is 2.72. The van der Waals surface area contributed by atoms with Crippen molar-refractivity contribution in [2.24, 2.45) is 74.9 Å². The number of rotatable bonds is 0. The summed E-state index contributed by atoms with van der Waals surface area (Å²) in [6, 6.07) is 22.9. The van der Waals surface area contributed by atoms with Crippen LogP contribution in [-0.4, -0.2) is 42.8 Å². The lowest BCUT2D eigenvalue weighted by molar-refractivity contribution is -0.176. The minimum atomic E-state index is 0.520. The Morgan fingerprint density at radius 1 is 0.361 bits per heavy atom. The quantitative estimate of drug-likeness (QED) is 0.148. The van der Waals surface area contributed by atoms with Crippen LogP contribution >= 0.6 is 22.7 Å². The highest BCUT2D eigenvalue weighted by Gasteiger charge is 2.61. The molecule has 10 fully saturated rings. The summed E-state index contributed by atoms with van der Waals surface area (Å²) in [7, 11) is 0. The van der Waals surface area contributed by atoms with E-state index in [9.17, 15) is 0 Å². The predicted octanol–water partition coefficient (Wildman–Crippen LogP) is 30.4. The van der Waals surface area contributed by atoms with Gasteiger partial charge in [-0.2, -0.15) is 0 Å². The van der Waals surface area contributed by atoms with Crippen LogP contribution in [0.5, 0.6) is 0 Å². The molecule has 6 atom stereocenters. The van der Waals surface area contributed by atoms with Gasteiger partial charge in [-0.25, -0.2) is 9.97 Å². The molecule has 0 N–H and O–H groups in total. The van der Waals surface area contributed by atoms with Gasteiger partial charge in [0, 0.05) is 59.1 Å². The van der Waals surface area contributed by atoms with E-state index in [-0.39, 0.29) is 0 Å². The molecule has 10 heteroatoms. The zero-order valence-corrected chi connectivity index (χ0v) is 76.9. The Kier molecular flexibility index (Phi) is 48.1. The van der Waals surface area contributed by atoms with Crippen LogP contribution in [0.3, 0.4) is 0 Å². The van der Waals surface area contributed by atoms with E-state index in [2.05, 4.69) is 235 Å². The Morgan fingerprint density at radius 2 is 0.769 bits per heavy atom. The average Bonchev–Trinajstić information content (AvgIpc) is 0.849. The Hall–Kier alpha value is -4.90. The van der Waals surface area contributed by atoms with E-state index in [0.717, 1.165) is 126 Å². The van der Waals surface area contributed by atoms with Gasteiger partial charge in [-0.05, 0) is 274 Å². The van der Waals surface area contributed by atoms with E-state index < -0.39 is 0 Å². The van der Waals surface area contributed by atoms with Crippen molar-refractivity contribution in [2.75, 3.05) is 6.61 Å². The van der Waals surface area contributed by atoms with Crippen molar-refractivity contribution in [1.82, 2.24) is 30.1 Å². The van der Waals surface area contributed by atoms with E-state index in [1.165, 1.54) is 180 Å². The molecule has 610 valence electrons. The van der Waals surface area contributed by atoms with Crippen molar-refractivity contribution < 1.29 is 9.26 Å². The van der Waals surface area contributed by atoms with Gasteiger partial charge in [0.2, 0.25) is 0 Å². The summed E-state index contributed by atoms with van der Waals surface area (Å²) >= 11 is 3.42.